The standard InChI is InChI=1S/C27H37N3O5/c1-7-30(25(33)22(17-31)29-26(34)35-27(4,5)6)23(21-15-18(2)13-14-19(21)3)24(32)28-16-20-11-9-8-10-12-20/h8-15,22-23,31H,7,16-17H2,1-6H3,(H,28,32)(H,29,34). The van der Waals surface area contributed by atoms with Crippen LogP contribution >= 0.6 is 0 Å². The molecule has 190 valence electrons. The summed E-state index contributed by atoms with van der Waals surface area (Å²) in [5.41, 5.74) is 2.63. The SMILES string of the molecule is CCN(C(=O)C(CO)NC(=O)OC(C)(C)C)C(C(=O)NCc1ccccc1)c1cc(C)ccc1C. The van der Waals surface area contributed by atoms with E-state index >= 15 is 0 Å². The van der Waals surface area contributed by atoms with Gasteiger partial charge in [0.1, 0.15) is 17.7 Å². The third-order valence-electron chi connectivity index (χ3n) is 5.39. The van der Waals surface area contributed by atoms with Crippen molar-refractivity contribution in [3.63, 3.8) is 0 Å². The number of aliphatic hydroxyl groups excluding tert-OH is 1. The van der Waals surface area contributed by atoms with Gasteiger partial charge in [0.15, 0.2) is 0 Å². The first-order valence-electron chi connectivity index (χ1n) is 11.8. The van der Waals surface area contributed by atoms with Crippen LogP contribution in [0.4, 0.5) is 4.79 Å². The number of aliphatic hydroxyl groups is 1. The van der Waals surface area contributed by atoms with Gasteiger partial charge >= 0.3 is 6.09 Å². The Balaban J connectivity index is 2.37. The molecule has 0 radical (unpaired) electrons. The van der Waals surface area contributed by atoms with Gasteiger partial charge in [-0.15, -0.1) is 0 Å². The molecule has 8 nitrogen and oxygen atoms in total. The number of amides is 3. The number of nitrogens with zero attached hydrogens (tertiary/aromatic N) is 1. The van der Waals surface area contributed by atoms with E-state index in [1.165, 1.54) is 4.90 Å². The molecule has 2 aromatic carbocycles. The lowest BCUT2D eigenvalue weighted by atomic mass is 9.96. The first-order chi connectivity index (χ1) is 16.5. The zero-order chi connectivity index (χ0) is 26.2. The summed E-state index contributed by atoms with van der Waals surface area (Å²) in [6, 6.07) is 13.0. The minimum absolute atomic E-state index is 0.183. The Hall–Kier alpha value is -3.39. The molecule has 0 fully saturated rings. The fraction of sp³-hybridized carbons (Fsp3) is 0.444. The molecule has 0 saturated heterocycles. The maximum absolute atomic E-state index is 13.5. The molecule has 0 spiro atoms. The molecule has 2 rings (SSSR count). The number of carbonyl (C=O) groups is 3. The zero-order valence-corrected chi connectivity index (χ0v) is 21.4. The zero-order valence-electron chi connectivity index (χ0n) is 21.4. The number of carbonyl (C=O) groups excluding carboxylic acids is 3. The fourth-order valence-corrected chi connectivity index (χ4v) is 3.69. The minimum Gasteiger partial charge on any atom is -0.444 e. The summed E-state index contributed by atoms with van der Waals surface area (Å²) in [6.07, 6.45) is -0.822. The molecule has 3 amide bonds. The van der Waals surface area contributed by atoms with Crippen LogP contribution in [-0.2, 0) is 20.9 Å². The molecule has 2 unspecified atom stereocenters. The van der Waals surface area contributed by atoms with E-state index < -0.39 is 36.3 Å². The van der Waals surface area contributed by atoms with Gasteiger partial charge in [-0.25, -0.2) is 4.79 Å². The molecular weight excluding hydrogens is 446 g/mol. The molecule has 0 aliphatic rings. The number of ether oxygens (including phenoxy) is 1. The molecule has 0 aliphatic heterocycles. The topological polar surface area (TPSA) is 108 Å². The highest BCUT2D eigenvalue weighted by Crippen LogP contribution is 2.26. The van der Waals surface area contributed by atoms with Crippen LogP contribution in [0.2, 0.25) is 0 Å². The van der Waals surface area contributed by atoms with Crippen LogP contribution in [0.1, 0.15) is 56.0 Å². The van der Waals surface area contributed by atoms with Crippen molar-refractivity contribution in [2.45, 2.75) is 65.8 Å². The van der Waals surface area contributed by atoms with Crippen molar-refractivity contribution in [3.8, 4) is 0 Å². The number of aryl methyl sites for hydroxylation is 2. The normalized spacial score (nSPS) is 12.9. The second-order valence-corrected chi connectivity index (χ2v) is 9.47. The number of nitrogens with one attached hydrogen (secondary N) is 2. The molecule has 0 heterocycles. The Kier molecular flexibility index (Phi) is 9.83. The molecule has 0 saturated carbocycles. The lowest BCUT2D eigenvalue weighted by Gasteiger charge is -2.34. The maximum atomic E-state index is 13.5. The molecule has 2 aromatic rings. The number of likely N-dealkylation sites (N-methyl/N-ethyl adjacent to an activating group) is 1. The second-order valence-electron chi connectivity index (χ2n) is 9.47. The molecule has 0 bridgehead atoms. The van der Waals surface area contributed by atoms with Gasteiger partial charge < -0.3 is 25.4 Å². The van der Waals surface area contributed by atoms with Crippen molar-refractivity contribution < 1.29 is 24.2 Å². The molecule has 2 atom stereocenters. The van der Waals surface area contributed by atoms with Gasteiger partial charge in [-0.2, -0.15) is 0 Å². The van der Waals surface area contributed by atoms with Crippen molar-refractivity contribution in [2.24, 2.45) is 0 Å². The van der Waals surface area contributed by atoms with E-state index in [1.807, 2.05) is 62.4 Å². The van der Waals surface area contributed by atoms with E-state index in [1.54, 1.807) is 27.7 Å². The number of benzene rings is 2. The van der Waals surface area contributed by atoms with Crippen molar-refractivity contribution >= 4 is 17.9 Å². The van der Waals surface area contributed by atoms with Crippen molar-refractivity contribution in [3.05, 3.63) is 70.8 Å². The number of rotatable bonds is 9. The molecule has 3 N–H and O–H groups in total. The highest BCUT2D eigenvalue weighted by Gasteiger charge is 2.36. The van der Waals surface area contributed by atoms with Crippen molar-refractivity contribution in [2.75, 3.05) is 13.2 Å². The summed E-state index contributed by atoms with van der Waals surface area (Å²) in [5, 5.41) is 15.3. The van der Waals surface area contributed by atoms with Crippen LogP contribution in [0.5, 0.6) is 0 Å². The van der Waals surface area contributed by atoms with Crippen molar-refractivity contribution in [1.29, 1.82) is 0 Å². The lowest BCUT2D eigenvalue weighted by molar-refractivity contribution is -0.143. The van der Waals surface area contributed by atoms with Gasteiger partial charge in [-0.05, 0) is 58.2 Å². The van der Waals surface area contributed by atoms with Gasteiger partial charge in [0, 0.05) is 13.1 Å². The average Bonchev–Trinajstić information content (AvgIpc) is 2.80. The molecule has 0 aliphatic carbocycles. The predicted molar refractivity (Wildman–Crippen MR) is 135 cm³/mol. The van der Waals surface area contributed by atoms with Crippen LogP contribution in [0.25, 0.3) is 0 Å². The monoisotopic (exact) mass is 483 g/mol. The van der Waals surface area contributed by atoms with Gasteiger partial charge in [-0.3, -0.25) is 9.59 Å². The second kappa shape index (κ2) is 12.4. The summed E-state index contributed by atoms with van der Waals surface area (Å²) in [6.45, 7) is 10.5. The lowest BCUT2D eigenvalue weighted by Crippen LogP contribution is -2.54. The van der Waals surface area contributed by atoms with E-state index in [2.05, 4.69) is 10.6 Å². The van der Waals surface area contributed by atoms with Gasteiger partial charge in [-0.1, -0.05) is 54.1 Å². The Morgan fingerprint density at radius 3 is 2.29 bits per heavy atom. The predicted octanol–water partition coefficient (Wildman–Crippen LogP) is 3.40. The number of hydrogen-bond acceptors (Lipinski definition) is 5. The van der Waals surface area contributed by atoms with E-state index in [4.69, 9.17) is 4.74 Å². The van der Waals surface area contributed by atoms with Gasteiger partial charge in [0.2, 0.25) is 11.8 Å². The Labute approximate surface area is 207 Å². The highest BCUT2D eigenvalue weighted by molar-refractivity contribution is 5.92. The first-order valence-corrected chi connectivity index (χ1v) is 11.8. The molecular formula is C27H37N3O5. The largest absolute Gasteiger partial charge is 0.444 e. The summed E-state index contributed by atoms with van der Waals surface area (Å²) >= 11 is 0. The van der Waals surface area contributed by atoms with E-state index in [0.717, 1.165) is 16.7 Å². The number of hydrogen-bond donors (Lipinski definition) is 3. The van der Waals surface area contributed by atoms with Crippen LogP contribution in [-0.4, -0.2) is 52.7 Å². The van der Waals surface area contributed by atoms with Crippen LogP contribution in [0.3, 0.4) is 0 Å². The van der Waals surface area contributed by atoms with Crippen LogP contribution in [0.15, 0.2) is 48.5 Å². The molecule has 8 heteroatoms. The minimum atomic E-state index is -1.26. The van der Waals surface area contributed by atoms with Crippen LogP contribution in [0, 0.1) is 13.8 Å². The summed E-state index contributed by atoms with van der Waals surface area (Å²) in [7, 11) is 0. The third-order valence-corrected chi connectivity index (χ3v) is 5.39. The summed E-state index contributed by atoms with van der Waals surface area (Å²) < 4.78 is 5.24. The average molecular weight is 484 g/mol. The van der Waals surface area contributed by atoms with Crippen molar-refractivity contribution in [1.82, 2.24) is 15.5 Å². The van der Waals surface area contributed by atoms with Gasteiger partial charge in [0.05, 0.1) is 6.61 Å². The smallest absolute Gasteiger partial charge is 0.408 e. The van der Waals surface area contributed by atoms with E-state index in [9.17, 15) is 19.5 Å². The first kappa shape index (κ1) is 27.9. The number of alkyl carbamates (subject to hydrolysis) is 1. The summed E-state index contributed by atoms with van der Waals surface area (Å²) in [4.78, 5) is 40.7. The third kappa shape index (κ3) is 8.10. The fourth-order valence-electron chi connectivity index (χ4n) is 3.69. The quantitative estimate of drug-likeness (QED) is 0.507. The molecule has 35 heavy (non-hydrogen) atoms. The Morgan fingerprint density at radius 1 is 1.06 bits per heavy atom. The van der Waals surface area contributed by atoms with Crippen LogP contribution < -0.4 is 10.6 Å². The Morgan fingerprint density at radius 2 is 1.71 bits per heavy atom. The maximum Gasteiger partial charge on any atom is 0.408 e. The van der Waals surface area contributed by atoms with E-state index in [0.29, 0.717) is 12.1 Å². The molecule has 0 aromatic heterocycles. The van der Waals surface area contributed by atoms with E-state index in [-0.39, 0.29) is 12.5 Å². The summed E-state index contributed by atoms with van der Waals surface area (Å²) in [5.74, 6) is -0.937. The highest BCUT2D eigenvalue weighted by atomic mass is 16.6. The Bertz CT molecular complexity index is 1020. The van der Waals surface area contributed by atoms with Gasteiger partial charge in [0.25, 0.3) is 0 Å².